The number of hydrogen-bond acceptors (Lipinski definition) is 3. The number of fused-ring (bicyclic) bond motifs is 1. The standard InChI is InChI=1S/C17H17N3/c1-12(13-5-3-2-4-6-13)19-17-10-7-14-11-15(18)8-9-16(14)20-17/h2-12H,18H2,1H3,(H,19,20). The van der Waals surface area contributed by atoms with Crippen molar-refractivity contribution in [3.63, 3.8) is 0 Å². The quantitative estimate of drug-likeness (QED) is 0.702. The molecule has 1 aromatic heterocycles. The minimum absolute atomic E-state index is 0.218. The molecule has 0 fully saturated rings. The van der Waals surface area contributed by atoms with Crippen LogP contribution in [0.1, 0.15) is 18.5 Å². The fourth-order valence-electron chi connectivity index (χ4n) is 2.27. The van der Waals surface area contributed by atoms with Gasteiger partial charge in [-0.1, -0.05) is 30.3 Å². The number of nitrogens with one attached hydrogen (secondary N) is 1. The molecule has 20 heavy (non-hydrogen) atoms. The van der Waals surface area contributed by atoms with Gasteiger partial charge in [0.25, 0.3) is 0 Å². The maximum Gasteiger partial charge on any atom is 0.127 e. The highest BCUT2D eigenvalue weighted by Gasteiger charge is 2.06. The summed E-state index contributed by atoms with van der Waals surface area (Å²) in [7, 11) is 0. The Balaban J connectivity index is 1.86. The molecule has 3 nitrogen and oxygen atoms in total. The molecule has 3 rings (SSSR count). The van der Waals surface area contributed by atoms with E-state index in [0.29, 0.717) is 0 Å². The van der Waals surface area contributed by atoms with Crippen LogP contribution in [0.4, 0.5) is 11.5 Å². The lowest BCUT2D eigenvalue weighted by Crippen LogP contribution is -2.07. The zero-order chi connectivity index (χ0) is 13.9. The SMILES string of the molecule is CC(Nc1ccc2cc(N)ccc2n1)c1ccccc1. The molecule has 0 aliphatic rings. The first kappa shape index (κ1) is 12.5. The Morgan fingerprint density at radius 2 is 1.80 bits per heavy atom. The second-order valence-electron chi connectivity index (χ2n) is 4.93. The summed E-state index contributed by atoms with van der Waals surface area (Å²) in [6.07, 6.45) is 0. The molecule has 1 atom stereocenters. The summed E-state index contributed by atoms with van der Waals surface area (Å²) >= 11 is 0. The third kappa shape index (κ3) is 2.57. The number of pyridine rings is 1. The highest BCUT2D eigenvalue weighted by atomic mass is 15.0. The van der Waals surface area contributed by atoms with Crippen molar-refractivity contribution in [1.82, 2.24) is 4.98 Å². The molecular formula is C17H17N3. The predicted molar refractivity (Wildman–Crippen MR) is 84.6 cm³/mol. The van der Waals surface area contributed by atoms with E-state index in [1.54, 1.807) is 0 Å². The molecule has 0 saturated carbocycles. The molecule has 0 amide bonds. The summed E-state index contributed by atoms with van der Waals surface area (Å²) < 4.78 is 0. The lowest BCUT2D eigenvalue weighted by Gasteiger charge is -2.15. The molecule has 0 aliphatic carbocycles. The van der Waals surface area contributed by atoms with Crippen molar-refractivity contribution in [2.75, 3.05) is 11.1 Å². The first-order chi connectivity index (χ1) is 9.72. The van der Waals surface area contributed by atoms with E-state index in [0.717, 1.165) is 22.4 Å². The molecule has 0 saturated heterocycles. The lowest BCUT2D eigenvalue weighted by molar-refractivity contribution is 0.877. The van der Waals surface area contributed by atoms with Crippen LogP contribution < -0.4 is 11.1 Å². The van der Waals surface area contributed by atoms with E-state index in [1.807, 2.05) is 48.5 Å². The number of nitrogen functional groups attached to an aromatic ring is 1. The van der Waals surface area contributed by atoms with Gasteiger partial charge in [-0.15, -0.1) is 0 Å². The molecule has 0 spiro atoms. The maximum absolute atomic E-state index is 5.78. The molecule has 2 aromatic carbocycles. The van der Waals surface area contributed by atoms with Gasteiger partial charge in [0, 0.05) is 17.1 Å². The van der Waals surface area contributed by atoms with Gasteiger partial charge in [0.2, 0.25) is 0 Å². The summed E-state index contributed by atoms with van der Waals surface area (Å²) in [6.45, 7) is 2.13. The van der Waals surface area contributed by atoms with Crippen LogP contribution in [0.15, 0.2) is 60.7 Å². The van der Waals surface area contributed by atoms with Crippen molar-refractivity contribution in [1.29, 1.82) is 0 Å². The number of nitrogens with zero attached hydrogens (tertiary/aromatic N) is 1. The van der Waals surface area contributed by atoms with Gasteiger partial charge in [-0.05, 0) is 42.8 Å². The molecule has 0 radical (unpaired) electrons. The number of benzene rings is 2. The summed E-state index contributed by atoms with van der Waals surface area (Å²) in [5, 5.41) is 4.48. The molecular weight excluding hydrogens is 246 g/mol. The molecule has 0 aliphatic heterocycles. The zero-order valence-corrected chi connectivity index (χ0v) is 11.4. The molecule has 1 unspecified atom stereocenters. The van der Waals surface area contributed by atoms with Crippen molar-refractivity contribution in [3.05, 3.63) is 66.2 Å². The molecule has 3 heteroatoms. The maximum atomic E-state index is 5.78. The first-order valence-electron chi connectivity index (χ1n) is 6.70. The number of rotatable bonds is 3. The Morgan fingerprint density at radius 3 is 2.60 bits per heavy atom. The number of hydrogen-bond donors (Lipinski definition) is 2. The third-order valence-electron chi connectivity index (χ3n) is 3.38. The van der Waals surface area contributed by atoms with Crippen LogP contribution in [0, 0.1) is 0 Å². The van der Waals surface area contributed by atoms with Gasteiger partial charge < -0.3 is 11.1 Å². The largest absolute Gasteiger partial charge is 0.399 e. The van der Waals surface area contributed by atoms with E-state index >= 15 is 0 Å². The van der Waals surface area contributed by atoms with Gasteiger partial charge >= 0.3 is 0 Å². The van der Waals surface area contributed by atoms with Crippen LogP contribution in [0.2, 0.25) is 0 Å². The molecule has 100 valence electrons. The van der Waals surface area contributed by atoms with E-state index in [4.69, 9.17) is 5.73 Å². The molecule has 1 heterocycles. The Labute approximate surface area is 118 Å². The minimum atomic E-state index is 0.218. The van der Waals surface area contributed by atoms with Crippen LogP contribution in [0.25, 0.3) is 10.9 Å². The third-order valence-corrected chi connectivity index (χ3v) is 3.38. The van der Waals surface area contributed by atoms with Crippen molar-refractivity contribution >= 4 is 22.4 Å². The lowest BCUT2D eigenvalue weighted by atomic mass is 10.1. The van der Waals surface area contributed by atoms with Crippen LogP contribution in [0.5, 0.6) is 0 Å². The van der Waals surface area contributed by atoms with Gasteiger partial charge in [-0.3, -0.25) is 0 Å². The average Bonchev–Trinajstić information content (AvgIpc) is 2.48. The van der Waals surface area contributed by atoms with Crippen LogP contribution in [-0.4, -0.2) is 4.98 Å². The summed E-state index contributed by atoms with van der Waals surface area (Å²) in [6, 6.07) is 20.3. The fraction of sp³-hybridized carbons (Fsp3) is 0.118. The van der Waals surface area contributed by atoms with Crippen molar-refractivity contribution in [3.8, 4) is 0 Å². The topological polar surface area (TPSA) is 50.9 Å². The normalized spacial score (nSPS) is 12.2. The van der Waals surface area contributed by atoms with Crippen molar-refractivity contribution in [2.45, 2.75) is 13.0 Å². The van der Waals surface area contributed by atoms with E-state index in [9.17, 15) is 0 Å². The number of anilines is 2. The summed E-state index contributed by atoms with van der Waals surface area (Å²) in [5.41, 5.74) is 8.73. The Kier molecular flexibility index (Phi) is 3.25. The van der Waals surface area contributed by atoms with Crippen molar-refractivity contribution in [2.24, 2.45) is 0 Å². The zero-order valence-electron chi connectivity index (χ0n) is 11.4. The minimum Gasteiger partial charge on any atom is -0.399 e. The van der Waals surface area contributed by atoms with Crippen molar-refractivity contribution < 1.29 is 0 Å². The molecule has 3 N–H and O–H groups in total. The summed E-state index contributed by atoms with van der Waals surface area (Å²) in [5.74, 6) is 0.874. The number of aromatic nitrogens is 1. The fourth-order valence-corrected chi connectivity index (χ4v) is 2.27. The van der Waals surface area contributed by atoms with E-state index in [-0.39, 0.29) is 6.04 Å². The smallest absolute Gasteiger partial charge is 0.127 e. The van der Waals surface area contributed by atoms with Crippen LogP contribution >= 0.6 is 0 Å². The predicted octanol–water partition coefficient (Wildman–Crippen LogP) is 3.99. The van der Waals surface area contributed by atoms with E-state index in [1.165, 1.54) is 5.56 Å². The van der Waals surface area contributed by atoms with Gasteiger partial charge in [-0.25, -0.2) is 4.98 Å². The average molecular weight is 263 g/mol. The monoisotopic (exact) mass is 263 g/mol. The second kappa shape index (κ2) is 5.21. The highest BCUT2D eigenvalue weighted by Crippen LogP contribution is 2.21. The molecule has 3 aromatic rings. The summed E-state index contributed by atoms with van der Waals surface area (Å²) in [4.78, 5) is 4.62. The highest BCUT2D eigenvalue weighted by molar-refractivity contribution is 5.83. The Bertz CT molecular complexity index is 723. The van der Waals surface area contributed by atoms with Gasteiger partial charge in [-0.2, -0.15) is 0 Å². The second-order valence-corrected chi connectivity index (χ2v) is 4.93. The Morgan fingerprint density at radius 1 is 1.00 bits per heavy atom. The van der Waals surface area contributed by atoms with Gasteiger partial charge in [0.1, 0.15) is 5.82 Å². The van der Waals surface area contributed by atoms with Gasteiger partial charge in [0.05, 0.1) is 5.52 Å². The first-order valence-corrected chi connectivity index (χ1v) is 6.70. The van der Waals surface area contributed by atoms with E-state index < -0.39 is 0 Å². The Hall–Kier alpha value is -2.55. The van der Waals surface area contributed by atoms with Crippen LogP contribution in [0.3, 0.4) is 0 Å². The van der Waals surface area contributed by atoms with Gasteiger partial charge in [0.15, 0.2) is 0 Å². The number of nitrogens with two attached hydrogens (primary N) is 1. The molecule has 0 bridgehead atoms. The van der Waals surface area contributed by atoms with Crippen LogP contribution in [-0.2, 0) is 0 Å². The van der Waals surface area contributed by atoms with E-state index in [2.05, 4.69) is 29.4 Å².